The van der Waals surface area contributed by atoms with E-state index in [9.17, 15) is 9.90 Å². The van der Waals surface area contributed by atoms with E-state index in [1.54, 1.807) is 12.1 Å². The summed E-state index contributed by atoms with van der Waals surface area (Å²) in [5, 5.41) is 12.9. The molecule has 1 aromatic rings. The zero-order valence-electron chi connectivity index (χ0n) is 7.47. The molecule has 0 aromatic heterocycles. The summed E-state index contributed by atoms with van der Waals surface area (Å²) in [6.07, 6.45) is 2.78. The molecule has 0 saturated heterocycles. The summed E-state index contributed by atoms with van der Waals surface area (Å²) >= 11 is 0. The van der Waals surface area contributed by atoms with Gasteiger partial charge in [-0.3, -0.25) is 4.79 Å². The van der Waals surface area contributed by atoms with Crippen LogP contribution in [0.3, 0.4) is 0 Å². The van der Waals surface area contributed by atoms with E-state index >= 15 is 0 Å². The topological polar surface area (TPSA) is 61.7 Å². The smallest absolute Gasteiger partial charge is 0.275 e. The number of phenols is 1. The number of nitrogens with zero attached hydrogens (tertiary/aromatic N) is 1. The third-order valence-electron chi connectivity index (χ3n) is 1.49. The molecule has 0 aliphatic carbocycles. The van der Waals surface area contributed by atoms with Crippen molar-refractivity contribution in [2.45, 2.75) is 0 Å². The molecule has 1 aromatic carbocycles. The first kappa shape index (κ1) is 9.98. The number of hydrazone groups is 1. The maximum Gasteiger partial charge on any atom is 0.275 e. The maximum atomic E-state index is 11.3. The fraction of sp³-hybridized carbons (Fsp3) is 0. The van der Waals surface area contributed by atoms with Crippen LogP contribution in [0.25, 0.3) is 0 Å². The van der Waals surface area contributed by atoms with Crippen LogP contribution in [0.5, 0.6) is 5.75 Å². The molecule has 0 bridgehead atoms. The largest absolute Gasteiger partial charge is 0.507 e. The van der Waals surface area contributed by atoms with Crippen LogP contribution in [-0.2, 0) is 0 Å². The van der Waals surface area contributed by atoms with Gasteiger partial charge in [0.15, 0.2) is 0 Å². The van der Waals surface area contributed by atoms with Crippen LogP contribution in [0.4, 0.5) is 0 Å². The molecule has 1 rings (SSSR count). The molecular weight excluding hydrogens is 180 g/mol. The maximum absolute atomic E-state index is 11.3. The van der Waals surface area contributed by atoms with E-state index in [-0.39, 0.29) is 11.3 Å². The standard InChI is InChI=1S/C10H10N2O2/c1-2-7-11-12-10(14)8-5-3-4-6-9(8)13/h2-7,13H,1H2,(H,12,14)/b11-7-. The first-order valence-electron chi connectivity index (χ1n) is 3.98. The van der Waals surface area contributed by atoms with Gasteiger partial charge in [0.25, 0.3) is 5.91 Å². The highest BCUT2D eigenvalue weighted by atomic mass is 16.3. The molecule has 0 aliphatic rings. The molecule has 0 spiro atoms. The Balaban J connectivity index is 2.75. The van der Waals surface area contributed by atoms with E-state index in [0.717, 1.165) is 0 Å². The molecule has 14 heavy (non-hydrogen) atoms. The second-order valence-electron chi connectivity index (χ2n) is 2.47. The molecule has 0 atom stereocenters. The summed E-state index contributed by atoms with van der Waals surface area (Å²) in [6.45, 7) is 3.40. The third-order valence-corrected chi connectivity index (χ3v) is 1.49. The van der Waals surface area contributed by atoms with Crippen molar-refractivity contribution in [3.8, 4) is 5.75 Å². The number of aromatic hydroxyl groups is 1. The Morgan fingerprint density at radius 1 is 1.50 bits per heavy atom. The highest BCUT2D eigenvalue weighted by Gasteiger charge is 2.07. The van der Waals surface area contributed by atoms with Gasteiger partial charge in [-0.05, 0) is 18.2 Å². The van der Waals surface area contributed by atoms with Gasteiger partial charge in [0.05, 0.1) is 5.56 Å². The van der Waals surface area contributed by atoms with E-state index in [2.05, 4.69) is 17.1 Å². The van der Waals surface area contributed by atoms with Crippen molar-refractivity contribution in [3.63, 3.8) is 0 Å². The van der Waals surface area contributed by atoms with Gasteiger partial charge >= 0.3 is 0 Å². The van der Waals surface area contributed by atoms with Crippen molar-refractivity contribution in [1.29, 1.82) is 0 Å². The average molecular weight is 190 g/mol. The third kappa shape index (κ3) is 2.45. The van der Waals surface area contributed by atoms with Crippen LogP contribution in [0.15, 0.2) is 42.0 Å². The number of para-hydroxylation sites is 1. The number of phenolic OH excluding ortho intramolecular Hbond substituents is 1. The highest BCUT2D eigenvalue weighted by Crippen LogP contribution is 2.14. The summed E-state index contributed by atoms with van der Waals surface area (Å²) in [7, 11) is 0. The van der Waals surface area contributed by atoms with E-state index in [0.29, 0.717) is 0 Å². The van der Waals surface area contributed by atoms with Crippen LogP contribution >= 0.6 is 0 Å². The van der Waals surface area contributed by atoms with Crippen LogP contribution in [0.2, 0.25) is 0 Å². The normalized spacial score (nSPS) is 10.0. The quantitative estimate of drug-likeness (QED) is 0.557. The van der Waals surface area contributed by atoms with Gasteiger partial charge in [0, 0.05) is 6.21 Å². The molecule has 1 amide bonds. The molecule has 0 unspecified atom stereocenters. The highest BCUT2D eigenvalue weighted by molar-refractivity contribution is 5.97. The van der Waals surface area contributed by atoms with Gasteiger partial charge in [-0.1, -0.05) is 18.7 Å². The van der Waals surface area contributed by atoms with E-state index in [1.165, 1.54) is 24.4 Å². The molecule has 4 heteroatoms. The summed E-state index contributed by atoms with van der Waals surface area (Å²) in [5.74, 6) is -0.528. The lowest BCUT2D eigenvalue weighted by Crippen LogP contribution is -2.17. The number of carbonyl (C=O) groups excluding carboxylic acids is 1. The zero-order chi connectivity index (χ0) is 10.4. The summed E-state index contributed by atoms with van der Waals surface area (Å²) in [4.78, 5) is 11.3. The second-order valence-corrected chi connectivity index (χ2v) is 2.47. The number of hydrogen-bond donors (Lipinski definition) is 2. The monoisotopic (exact) mass is 190 g/mol. The Morgan fingerprint density at radius 2 is 2.21 bits per heavy atom. The number of rotatable bonds is 3. The van der Waals surface area contributed by atoms with Crippen molar-refractivity contribution in [2.24, 2.45) is 5.10 Å². The van der Waals surface area contributed by atoms with Crippen LogP contribution in [-0.4, -0.2) is 17.2 Å². The van der Waals surface area contributed by atoms with Crippen molar-refractivity contribution >= 4 is 12.1 Å². The van der Waals surface area contributed by atoms with E-state index < -0.39 is 5.91 Å². The minimum absolute atomic E-state index is 0.0706. The molecule has 0 radical (unpaired) electrons. The van der Waals surface area contributed by atoms with Crippen molar-refractivity contribution in [3.05, 3.63) is 42.5 Å². The molecule has 4 nitrogen and oxygen atoms in total. The predicted molar refractivity (Wildman–Crippen MR) is 54.3 cm³/mol. The van der Waals surface area contributed by atoms with Gasteiger partial charge in [0.2, 0.25) is 0 Å². The number of benzene rings is 1. The van der Waals surface area contributed by atoms with Gasteiger partial charge in [-0.2, -0.15) is 5.10 Å². The fourth-order valence-corrected chi connectivity index (χ4v) is 0.874. The minimum Gasteiger partial charge on any atom is -0.507 e. The van der Waals surface area contributed by atoms with Gasteiger partial charge in [-0.15, -0.1) is 0 Å². The molecule has 0 saturated carbocycles. The van der Waals surface area contributed by atoms with Gasteiger partial charge in [0.1, 0.15) is 5.75 Å². The fourth-order valence-electron chi connectivity index (χ4n) is 0.874. The predicted octanol–water partition coefficient (Wildman–Crippen LogP) is 1.29. The Morgan fingerprint density at radius 3 is 2.86 bits per heavy atom. The number of carbonyl (C=O) groups is 1. The van der Waals surface area contributed by atoms with Gasteiger partial charge < -0.3 is 5.11 Å². The first-order chi connectivity index (χ1) is 6.75. The lowest BCUT2D eigenvalue weighted by Gasteiger charge is -2.00. The Hall–Kier alpha value is -2.10. The number of nitrogens with one attached hydrogen (secondary N) is 1. The number of allylic oxidation sites excluding steroid dienone is 1. The molecular formula is C10H10N2O2. The summed E-state index contributed by atoms with van der Waals surface area (Å²) in [5.41, 5.74) is 2.43. The molecule has 0 aliphatic heterocycles. The van der Waals surface area contributed by atoms with Crippen molar-refractivity contribution in [1.82, 2.24) is 5.43 Å². The first-order valence-corrected chi connectivity index (χ1v) is 3.98. The molecule has 72 valence electrons. The van der Waals surface area contributed by atoms with Crippen LogP contribution in [0, 0.1) is 0 Å². The van der Waals surface area contributed by atoms with Crippen molar-refractivity contribution < 1.29 is 9.90 Å². The average Bonchev–Trinajstić information content (AvgIpc) is 2.18. The van der Waals surface area contributed by atoms with Crippen molar-refractivity contribution in [2.75, 3.05) is 0 Å². The molecule has 0 fully saturated rings. The Labute approximate surface area is 81.6 Å². The zero-order valence-corrected chi connectivity index (χ0v) is 7.47. The molecule has 0 heterocycles. The SMILES string of the molecule is C=C/C=N\NC(=O)c1ccccc1O. The van der Waals surface area contributed by atoms with Crippen LogP contribution in [0.1, 0.15) is 10.4 Å². The Bertz CT molecular complexity index is 372. The minimum atomic E-state index is -0.457. The molecule has 2 N–H and O–H groups in total. The second kappa shape index (κ2) is 4.81. The number of amides is 1. The van der Waals surface area contributed by atoms with E-state index in [1.807, 2.05) is 0 Å². The van der Waals surface area contributed by atoms with Gasteiger partial charge in [-0.25, -0.2) is 5.43 Å². The summed E-state index contributed by atoms with van der Waals surface area (Å²) < 4.78 is 0. The lowest BCUT2D eigenvalue weighted by molar-refractivity contribution is 0.0952. The lowest BCUT2D eigenvalue weighted by atomic mass is 10.2. The van der Waals surface area contributed by atoms with E-state index in [4.69, 9.17) is 0 Å². The van der Waals surface area contributed by atoms with Crippen LogP contribution < -0.4 is 5.43 Å². The Kier molecular flexibility index (Phi) is 3.43. The summed E-state index contributed by atoms with van der Waals surface area (Å²) in [6, 6.07) is 6.24. The number of hydrogen-bond acceptors (Lipinski definition) is 3.